The predicted octanol–water partition coefficient (Wildman–Crippen LogP) is 2.71. The molecule has 1 fully saturated rings. The van der Waals surface area contributed by atoms with E-state index < -0.39 is 11.5 Å². The largest absolute Gasteiger partial charge is 0.474 e. The van der Waals surface area contributed by atoms with Gasteiger partial charge in [-0.15, -0.1) is 0 Å². The molecule has 1 heterocycles. The van der Waals surface area contributed by atoms with Crippen molar-refractivity contribution in [3.05, 3.63) is 41.2 Å². The van der Waals surface area contributed by atoms with Crippen molar-refractivity contribution >= 4 is 17.5 Å². The summed E-state index contributed by atoms with van der Waals surface area (Å²) in [6.45, 7) is 2.62. The summed E-state index contributed by atoms with van der Waals surface area (Å²) in [7, 11) is 1.58. The number of aliphatic hydroxyl groups is 1. The SMILES string of the molecule is COCCOc1ncc(C(=O)NC[C@@](C)(O)C2CC2)nc1-c1ccc(Cl)cc1. The second-order valence-corrected chi connectivity index (χ2v) is 7.51. The van der Waals surface area contributed by atoms with E-state index in [0.29, 0.717) is 29.8 Å². The molecule has 1 amide bonds. The second kappa shape index (κ2) is 8.86. The quantitative estimate of drug-likeness (QED) is 0.623. The smallest absolute Gasteiger partial charge is 0.271 e. The summed E-state index contributed by atoms with van der Waals surface area (Å²) in [6.07, 6.45) is 3.33. The lowest BCUT2D eigenvalue weighted by atomic mass is 10.0. The Bertz CT molecular complexity index is 823. The van der Waals surface area contributed by atoms with Crippen LogP contribution in [0.3, 0.4) is 0 Å². The highest BCUT2D eigenvalue weighted by atomic mass is 35.5. The van der Waals surface area contributed by atoms with Gasteiger partial charge in [0, 0.05) is 24.2 Å². The van der Waals surface area contributed by atoms with E-state index in [1.54, 1.807) is 38.3 Å². The third-order valence-electron chi connectivity index (χ3n) is 4.68. The molecule has 0 bridgehead atoms. The first kappa shape index (κ1) is 20.5. The number of hydrogen-bond acceptors (Lipinski definition) is 6. The molecular formula is C20H24ClN3O4. The second-order valence-electron chi connectivity index (χ2n) is 7.07. The van der Waals surface area contributed by atoms with Crippen LogP contribution in [0, 0.1) is 5.92 Å². The van der Waals surface area contributed by atoms with Gasteiger partial charge in [-0.05, 0) is 37.8 Å². The van der Waals surface area contributed by atoms with Gasteiger partial charge >= 0.3 is 0 Å². The normalized spacial score (nSPS) is 15.7. The van der Waals surface area contributed by atoms with Gasteiger partial charge < -0.3 is 19.9 Å². The topological polar surface area (TPSA) is 93.6 Å². The number of methoxy groups -OCH3 is 1. The van der Waals surface area contributed by atoms with Crippen LogP contribution in [0.1, 0.15) is 30.3 Å². The fourth-order valence-electron chi connectivity index (χ4n) is 2.81. The van der Waals surface area contributed by atoms with Gasteiger partial charge in [-0.25, -0.2) is 9.97 Å². The van der Waals surface area contributed by atoms with Crippen LogP contribution in [-0.2, 0) is 4.74 Å². The Labute approximate surface area is 169 Å². The van der Waals surface area contributed by atoms with Crippen LogP contribution in [0.15, 0.2) is 30.5 Å². The van der Waals surface area contributed by atoms with Crippen LogP contribution in [0.2, 0.25) is 5.02 Å². The highest BCUT2D eigenvalue weighted by Gasteiger charge is 2.40. The summed E-state index contributed by atoms with van der Waals surface area (Å²) in [5.74, 6) is 0.146. The molecule has 28 heavy (non-hydrogen) atoms. The number of ether oxygens (including phenoxy) is 2. The van der Waals surface area contributed by atoms with Gasteiger partial charge in [0.25, 0.3) is 5.91 Å². The molecule has 150 valence electrons. The third kappa shape index (κ3) is 5.19. The highest BCUT2D eigenvalue weighted by molar-refractivity contribution is 6.30. The third-order valence-corrected chi connectivity index (χ3v) is 4.93. The molecule has 1 saturated carbocycles. The minimum atomic E-state index is -0.911. The molecule has 3 rings (SSSR count). The number of carbonyl (C=O) groups is 1. The molecule has 1 aliphatic rings. The van der Waals surface area contributed by atoms with Gasteiger partial charge in [0.05, 0.1) is 18.4 Å². The summed E-state index contributed by atoms with van der Waals surface area (Å²) in [5, 5.41) is 13.7. The summed E-state index contributed by atoms with van der Waals surface area (Å²) in [6, 6.07) is 7.04. The molecule has 1 aliphatic carbocycles. The Kier molecular flexibility index (Phi) is 6.49. The fourth-order valence-corrected chi connectivity index (χ4v) is 2.94. The average molecular weight is 406 g/mol. The van der Waals surface area contributed by atoms with E-state index in [1.807, 2.05) is 0 Å². The van der Waals surface area contributed by atoms with E-state index in [1.165, 1.54) is 6.20 Å². The van der Waals surface area contributed by atoms with Crippen molar-refractivity contribution in [1.82, 2.24) is 15.3 Å². The van der Waals surface area contributed by atoms with Gasteiger partial charge in [-0.3, -0.25) is 4.79 Å². The number of aromatic nitrogens is 2. The molecule has 7 nitrogen and oxygen atoms in total. The highest BCUT2D eigenvalue weighted by Crippen LogP contribution is 2.39. The molecule has 1 aromatic heterocycles. The molecule has 0 saturated heterocycles. The number of rotatable bonds is 9. The molecule has 1 atom stereocenters. The molecule has 0 unspecified atom stereocenters. The minimum absolute atomic E-state index is 0.149. The van der Waals surface area contributed by atoms with Crippen molar-refractivity contribution in [2.24, 2.45) is 5.92 Å². The van der Waals surface area contributed by atoms with E-state index in [2.05, 4.69) is 15.3 Å². The van der Waals surface area contributed by atoms with E-state index in [9.17, 15) is 9.90 Å². The van der Waals surface area contributed by atoms with Gasteiger partial charge in [-0.1, -0.05) is 23.7 Å². The minimum Gasteiger partial charge on any atom is -0.474 e. The number of nitrogens with one attached hydrogen (secondary N) is 1. The summed E-state index contributed by atoms with van der Waals surface area (Å²) in [4.78, 5) is 21.3. The standard InChI is InChI=1S/C20H24ClN3O4/c1-20(26,14-5-6-14)12-23-18(25)16-11-22-19(28-10-9-27-2)17(24-16)13-3-7-15(21)8-4-13/h3-4,7-8,11,14,26H,5-6,9-10,12H2,1-2H3,(H,23,25)/t20-/m1/s1. The lowest BCUT2D eigenvalue weighted by Crippen LogP contribution is -2.42. The van der Waals surface area contributed by atoms with E-state index in [-0.39, 0.29) is 18.2 Å². The van der Waals surface area contributed by atoms with Crippen LogP contribution >= 0.6 is 11.6 Å². The Balaban J connectivity index is 1.80. The van der Waals surface area contributed by atoms with Crippen molar-refractivity contribution in [3.63, 3.8) is 0 Å². The maximum Gasteiger partial charge on any atom is 0.271 e. The first-order valence-electron chi connectivity index (χ1n) is 9.16. The summed E-state index contributed by atoms with van der Waals surface area (Å²) >= 11 is 5.97. The predicted molar refractivity (Wildman–Crippen MR) is 106 cm³/mol. The lowest BCUT2D eigenvalue weighted by molar-refractivity contribution is 0.0353. The summed E-state index contributed by atoms with van der Waals surface area (Å²) < 4.78 is 10.6. The van der Waals surface area contributed by atoms with Crippen molar-refractivity contribution in [1.29, 1.82) is 0 Å². The van der Waals surface area contributed by atoms with Gasteiger partial charge in [0.15, 0.2) is 0 Å². The van der Waals surface area contributed by atoms with Gasteiger partial charge in [0.1, 0.15) is 18.0 Å². The average Bonchev–Trinajstić information content (AvgIpc) is 3.53. The van der Waals surface area contributed by atoms with Crippen LogP contribution in [-0.4, -0.2) is 53.5 Å². The molecule has 0 aliphatic heterocycles. The van der Waals surface area contributed by atoms with Gasteiger partial charge in [-0.2, -0.15) is 0 Å². The lowest BCUT2D eigenvalue weighted by Gasteiger charge is -2.23. The van der Waals surface area contributed by atoms with Crippen LogP contribution < -0.4 is 10.1 Å². The monoisotopic (exact) mass is 405 g/mol. The molecular weight excluding hydrogens is 382 g/mol. The zero-order chi connectivity index (χ0) is 20.1. The van der Waals surface area contributed by atoms with Crippen molar-refractivity contribution in [2.45, 2.75) is 25.4 Å². The Morgan fingerprint density at radius 2 is 2.04 bits per heavy atom. The zero-order valence-electron chi connectivity index (χ0n) is 15.9. The van der Waals surface area contributed by atoms with Crippen molar-refractivity contribution in [2.75, 3.05) is 26.9 Å². The molecule has 0 spiro atoms. The molecule has 2 N–H and O–H groups in total. The Morgan fingerprint density at radius 1 is 1.32 bits per heavy atom. The zero-order valence-corrected chi connectivity index (χ0v) is 16.7. The maximum atomic E-state index is 12.5. The number of amides is 1. The number of halogens is 1. The number of hydrogen-bond donors (Lipinski definition) is 2. The van der Waals surface area contributed by atoms with Crippen LogP contribution in [0.25, 0.3) is 11.3 Å². The van der Waals surface area contributed by atoms with E-state index in [0.717, 1.165) is 18.4 Å². The Morgan fingerprint density at radius 3 is 2.68 bits per heavy atom. The molecule has 8 heteroatoms. The molecule has 0 radical (unpaired) electrons. The molecule has 1 aromatic carbocycles. The first-order chi connectivity index (χ1) is 13.4. The van der Waals surface area contributed by atoms with Crippen LogP contribution in [0.5, 0.6) is 5.88 Å². The van der Waals surface area contributed by atoms with Crippen LogP contribution in [0.4, 0.5) is 0 Å². The van der Waals surface area contributed by atoms with E-state index in [4.69, 9.17) is 21.1 Å². The number of carbonyl (C=O) groups excluding carboxylic acids is 1. The summed E-state index contributed by atoms with van der Waals surface area (Å²) in [5.41, 5.74) is 0.402. The fraction of sp³-hybridized carbons (Fsp3) is 0.450. The number of nitrogens with zero attached hydrogens (tertiary/aromatic N) is 2. The number of benzene rings is 1. The molecule has 2 aromatic rings. The first-order valence-corrected chi connectivity index (χ1v) is 9.54. The van der Waals surface area contributed by atoms with Crippen molar-refractivity contribution in [3.8, 4) is 17.1 Å². The Hall–Kier alpha value is -2.22. The van der Waals surface area contributed by atoms with Gasteiger partial charge in [0.2, 0.25) is 5.88 Å². The van der Waals surface area contributed by atoms with Crippen molar-refractivity contribution < 1.29 is 19.4 Å². The maximum absolute atomic E-state index is 12.5. The van der Waals surface area contributed by atoms with E-state index >= 15 is 0 Å².